The monoisotopic (exact) mass is 405 g/mol. The van der Waals surface area contributed by atoms with Gasteiger partial charge >= 0.3 is 0 Å². The lowest BCUT2D eigenvalue weighted by Gasteiger charge is -2.29. The molecule has 0 spiro atoms. The molecule has 1 fully saturated rings. The Morgan fingerprint density at radius 1 is 1.25 bits per heavy atom. The Morgan fingerprint density at radius 3 is 2.71 bits per heavy atom. The minimum atomic E-state index is -0.672. The van der Waals surface area contributed by atoms with Crippen LogP contribution in [0.25, 0.3) is 0 Å². The van der Waals surface area contributed by atoms with Crippen molar-refractivity contribution in [3.63, 3.8) is 0 Å². The van der Waals surface area contributed by atoms with Crippen molar-refractivity contribution in [2.24, 2.45) is 5.92 Å². The molecule has 28 heavy (non-hydrogen) atoms. The number of hydrogen-bond donors (Lipinski definition) is 2. The number of nitrogens with one attached hydrogen (secondary N) is 2. The molecule has 2 aromatic rings. The average molecular weight is 406 g/mol. The van der Waals surface area contributed by atoms with Crippen LogP contribution in [0.15, 0.2) is 30.5 Å². The van der Waals surface area contributed by atoms with E-state index in [0.717, 1.165) is 31.5 Å². The minimum Gasteiger partial charge on any atom is -0.363 e. The number of nitrogens with zero attached hydrogens (tertiary/aromatic N) is 3. The van der Waals surface area contributed by atoms with Crippen molar-refractivity contribution in [2.45, 2.75) is 31.7 Å². The number of anilines is 2. The lowest BCUT2D eigenvalue weighted by atomic mass is 9.86. The molecular formula is C20H25ClFN5O. The number of benzene rings is 1. The highest BCUT2D eigenvalue weighted by Gasteiger charge is 2.23. The second-order valence-corrected chi connectivity index (χ2v) is 7.71. The van der Waals surface area contributed by atoms with Crippen molar-refractivity contribution in [1.82, 2.24) is 15.3 Å². The van der Waals surface area contributed by atoms with Gasteiger partial charge in [0, 0.05) is 32.9 Å². The highest BCUT2D eigenvalue weighted by atomic mass is 35.5. The van der Waals surface area contributed by atoms with Gasteiger partial charge in [-0.25, -0.2) is 9.37 Å². The van der Waals surface area contributed by atoms with Crippen LogP contribution in [0.2, 0.25) is 5.02 Å². The van der Waals surface area contributed by atoms with E-state index < -0.39 is 11.7 Å². The maximum Gasteiger partial charge on any atom is 0.254 e. The van der Waals surface area contributed by atoms with Gasteiger partial charge in [-0.05, 0) is 49.8 Å². The van der Waals surface area contributed by atoms with Gasteiger partial charge in [-0.1, -0.05) is 17.7 Å². The molecule has 8 heteroatoms. The fourth-order valence-corrected chi connectivity index (χ4v) is 3.55. The van der Waals surface area contributed by atoms with Gasteiger partial charge in [0.15, 0.2) is 5.82 Å². The maximum atomic E-state index is 13.9. The molecule has 1 aliphatic carbocycles. The molecule has 0 aliphatic heterocycles. The van der Waals surface area contributed by atoms with Crippen LogP contribution >= 0.6 is 11.6 Å². The van der Waals surface area contributed by atoms with Crippen LogP contribution in [0.5, 0.6) is 0 Å². The van der Waals surface area contributed by atoms with E-state index in [0.29, 0.717) is 24.5 Å². The highest BCUT2D eigenvalue weighted by molar-refractivity contribution is 6.31. The van der Waals surface area contributed by atoms with Crippen LogP contribution in [0.4, 0.5) is 16.2 Å². The Hall–Kier alpha value is -2.41. The standard InChI is InChI=1S/C20H25ClFN5O/c1-27(2)17-10-11-23-20(26-17)25-14-8-6-13(7-9-14)12-24-19(28)15-4-3-5-16(21)18(15)22/h3-5,10-11,13-14H,6-9,12H2,1-2H3,(H,24,28)(H,23,25,26)/t13-,14+. The van der Waals surface area contributed by atoms with Gasteiger partial charge in [0.05, 0.1) is 10.6 Å². The predicted octanol–water partition coefficient (Wildman–Crippen LogP) is 3.74. The molecule has 1 saturated carbocycles. The highest BCUT2D eigenvalue weighted by Crippen LogP contribution is 2.26. The lowest BCUT2D eigenvalue weighted by Crippen LogP contribution is -2.34. The van der Waals surface area contributed by atoms with Gasteiger partial charge < -0.3 is 15.5 Å². The van der Waals surface area contributed by atoms with Crippen LogP contribution in [-0.4, -0.2) is 42.6 Å². The molecule has 1 aromatic heterocycles. The van der Waals surface area contributed by atoms with Crippen LogP contribution in [0, 0.1) is 11.7 Å². The van der Waals surface area contributed by atoms with Crippen molar-refractivity contribution in [2.75, 3.05) is 30.9 Å². The van der Waals surface area contributed by atoms with Gasteiger partial charge in [0.25, 0.3) is 5.91 Å². The summed E-state index contributed by atoms with van der Waals surface area (Å²) in [6.45, 7) is 0.532. The Bertz CT molecular complexity index is 824. The Kier molecular flexibility index (Phi) is 6.67. The van der Waals surface area contributed by atoms with E-state index in [2.05, 4.69) is 20.6 Å². The van der Waals surface area contributed by atoms with Crippen molar-refractivity contribution in [3.05, 3.63) is 46.9 Å². The molecule has 1 heterocycles. The maximum absolute atomic E-state index is 13.9. The molecule has 3 rings (SSSR count). The minimum absolute atomic E-state index is 0.0132. The lowest BCUT2D eigenvalue weighted by molar-refractivity contribution is 0.0939. The molecule has 1 aliphatic rings. The smallest absolute Gasteiger partial charge is 0.254 e. The average Bonchev–Trinajstić information content (AvgIpc) is 2.69. The number of amides is 1. The second-order valence-electron chi connectivity index (χ2n) is 7.31. The molecule has 0 bridgehead atoms. The Balaban J connectivity index is 1.46. The van der Waals surface area contributed by atoms with Gasteiger partial charge in [0.1, 0.15) is 5.82 Å². The first-order chi connectivity index (χ1) is 13.4. The van der Waals surface area contributed by atoms with E-state index >= 15 is 0 Å². The summed E-state index contributed by atoms with van der Waals surface area (Å²) in [6.07, 6.45) is 5.65. The van der Waals surface area contributed by atoms with Crippen molar-refractivity contribution < 1.29 is 9.18 Å². The molecule has 0 atom stereocenters. The van der Waals surface area contributed by atoms with Gasteiger partial charge in [-0.15, -0.1) is 0 Å². The zero-order valence-corrected chi connectivity index (χ0v) is 16.8. The van der Waals surface area contributed by atoms with Crippen molar-refractivity contribution in [1.29, 1.82) is 0 Å². The molecule has 6 nitrogen and oxygen atoms in total. The molecule has 150 valence electrons. The van der Waals surface area contributed by atoms with E-state index in [1.165, 1.54) is 12.1 Å². The topological polar surface area (TPSA) is 70.2 Å². The molecule has 1 aromatic carbocycles. The third-order valence-electron chi connectivity index (χ3n) is 5.03. The van der Waals surface area contributed by atoms with Crippen LogP contribution in [-0.2, 0) is 0 Å². The molecule has 0 unspecified atom stereocenters. The SMILES string of the molecule is CN(C)c1ccnc(N[C@H]2CC[C@@H](CNC(=O)c3cccc(Cl)c3F)CC2)n1. The quantitative estimate of drug-likeness (QED) is 0.766. The van der Waals surface area contributed by atoms with Crippen LogP contribution < -0.4 is 15.5 Å². The third-order valence-corrected chi connectivity index (χ3v) is 5.32. The molecule has 2 N–H and O–H groups in total. The summed E-state index contributed by atoms with van der Waals surface area (Å²) in [4.78, 5) is 22.9. The molecular weight excluding hydrogens is 381 g/mol. The Morgan fingerprint density at radius 2 is 2.00 bits per heavy atom. The summed E-state index contributed by atoms with van der Waals surface area (Å²) in [5.74, 6) is 0.781. The number of carbonyl (C=O) groups is 1. The van der Waals surface area contributed by atoms with E-state index in [1.54, 1.807) is 12.3 Å². The summed E-state index contributed by atoms with van der Waals surface area (Å²) in [7, 11) is 3.89. The zero-order chi connectivity index (χ0) is 20.1. The molecule has 0 saturated heterocycles. The molecule has 1 amide bonds. The second kappa shape index (κ2) is 9.19. The normalized spacial score (nSPS) is 19.1. The van der Waals surface area contributed by atoms with Crippen molar-refractivity contribution >= 4 is 29.3 Å². The number of carbonyl (C=O) groups excluding carboxylic acids is 1. The van der Waals surface area contributed by atoms with E-state index in [-0.39, 0.29) is 10.6 Å². The summed E-state index contributed by atoms with van der Waals surface area (Å²) in [5, 5.41) is 6.19. The number of rotatable bonds is 6. The first kappa shape index (κ1) is 20.3. The van der Waals surface area contributed by atoms with Crippen molar-refractivity contribution in [3.8, 4) is 0 Å². The summed E-state index contributed by atoms with van der Waals surface area (Å²) >= 11 is 5.74. The van der Waals surface area contributed by atoms with E-state index in [1.807, 2.05) is 25.1 Å². The number of aromatic nitrogens is 2. The number of halogens is 2. The fourth-order valence-electron chi connectivity index (χ4n) is 3.37. The first-order valence-corrected chi connectivity index (χ1v) is 9.81. The van der Waals surface area contributed by atoms with Crippen LogP contribution in [0.3, 0.4) is 0 Å². The Labute approximate surface area is 169 Å². The fraction of sp³-hybridized carbons (Fsp3) is 0.450. The summed E-state index contributed by atoms with van der Waals surface area (Å²) in [6, 6.07) is 6.63. The van der Waals surface area contributed by atoms with Gasteiger partial charge in [-0.2, -0.15) is 4.98 Å². The van der Waals surface area contributed by atoms with Gasteiger partial charge in [-0.3, -0.25) is 4.79 Å². The summed E-state index contributed by atoms with van der Waals surface area (Å²) < 4.78 is 13.9. The van der Waals surface area contributed by atoms with E-state index in [4.69, 9.17) is 11.6 Å². The molecule has 0 radical (unpaired) electrons. The summed E-state index contributed by atoms with van der Waals surface area (Å²) in [5.41, 5.74) is -0.0132. The zero-order valence-electron chi connectivity index (χ0n) is 16.1. The largest absolute Gasteiger partial charge is 0.363 e. The third kappa shape index (κ3) is 5.10. The van der Waals surface area contributed by atoms with Gasteiger partial charge in [0.2, 0.25) is 5.95 Å². The number of hydrogen-bond acceptors (Lipinski definition) is 5. The van der Waals surface area contributed by atoms with E-state index in [9.17, 15) is 9.18 Å². The predicted molar refractivity (Wildman–Crippen MR) is 109 cm³/mol. The van der Waals surface area contributed by atoms with Crippen LogP contribution in [0.1, 0.15) is 36.0 Å². The first-order valence-electron chi connectivity index (χ1n) is 9.43.